The van der Waals surface area contributed by atoms with Crippen molar-refractivity contribution in [2.75, 3.05) is 18.4 Å². The molecule has 2 saturated heterocycles. The van der Waals surface area contributed by atoms with Crippen molar-refractivity contribution >= 4 is 49.5 Å². The van der Waals surface area contributed by atoms with Crippen molar-refractivity contribution in [2.45, 2.75) is 42.9 Å². The molecule has 2 fully saturated rings. The number of carbonyl (C=O) groups excluding carboxylic acids is 2. The van der Waals surface area contributed by atoms with Crippen LogP contribution in [0.2, 0.25) is 0 Å². The average Bonchev–Trinajstić information content (AvgIpc) is 3.24. The van der Waals surface area contributed by atoms with Gasteiger partial charge in [0.25, 0.3) is 5.24 Å². The lowest BCUT2D eigenvalue weighted by molar-refractivity contribution is -0.114. The SMILES string of the molecule is C=C[C@@H](CNS(=O)(=O)c1ccc(NC(C)=O)cc1)[C@H]1CCN2C(=O)S[C@H](c3ccnc4ccc(C)cc34)[C@@H]2C1. The zero-order valence-corrected chi connectivity index (χ0v) is 23.6. The molecule has 0 bridgehead atoms. The third-order valence-electron chi connectivity index (χ3n) is 7.64. The number of sulfonamides is 1. The first-order valence-corrected chi connectivity index (χ1v) is 15.3. The van der Waals surface area contributed by atoms with E-state index in [2.05, 4.69) is 34.6 Å². The van der Waals surface area contributed by atoms with Gasteiger partial charge in [0.05, 0.1) is 15.7 Å². The van der Waals surface area contributed by atoms with Crippen LogP contribution in [0.4, 0.5) is 10.5 Å². The standard InChI is InChI=1S/C29H32N4O4S2/c1-4-20(17-31-39(36,37)23-8-6-22(7-9-23)32-19(3)34)21-12-14-33-27(16-21)28(38-29(33)35)24-11-13-30-26-10-5-18(2)15-25(24)26/h4-11,13,15,20-21,27-28,31H,1,12,14,16-17H2,2-3H3,(H,32,34)/t20-,21-,27-,28+/m0/s1. The highest BCUT2D eigenvalue weighted by Gasteiger charge is 2.46. The Morgan fingerprint density at radius 1 is 1.23 bits per heavy atom. The largest absolute Gasteiger partial charge is 0.329 e. The quantitative estimate of drug-likeness (QED) is 0.361. The number of rotatable bonds is 8. The lowest BCUT2D eigenvalue weighted by Gasteiger charge is -2.39. The predicted molar refractivity (Wildman–Crippen MR) is 155 cm³/mol. The Balaban J connectivity index is 1.31. The number of aryl methyl sites for hydroxylation is 1. The lowest BCUT2D eigenvalue weighted by Crippen LogP contribution is -2.44. The van der Waals surface area contributed by atoms with Crippen LogP contribution in [0.1, 0.15) is 36.1 Å². The maximum atomic E-state index is 13.0. The normalized spacial score (nSPS) is 21.9. The molecule has 5 rings (SSSR count). The number of benzene rings is 2. The Bertz CT molecular complexity index is 1520. The molecule has 0 aliphatic carbocycles. The van der Waals surface area contributed by atoms with E-state index in [-0.39, 0.29) is 45.7 Å². The third-order valence-corrected chi connectivity index (χ3v) is 10.3. The zero-order chi connectivity index (χ0) is 27.7. The summed E-state index contributed by atoms with van der Waals surface area (Å²) in [6.45, 7) is 8.32. The zero-order valence-electron chi connectivity index (χ0n) is 22.0. The molecule has 10 heteroatoms. The molecule has 2 aliphatic rings. The number of pyridine rings is 1. The molecule has 0 radical (unpaired) electrons. The van der Waals surface area contributed by atoms with E-state index in [0.717, 1.165) is 34.9 Å². The minimum Gasteiger partial charge on any atom is -0.329 e. The molecule has 0 spiro atoms. The topological polar surface area (TPSA) is 108 Å². The second kappa shape index (κ2) is 11.1. The van der Waals surface area contributed by atoms with Gasteiger partial charge in [0.1, 0.15) is 0 Å². The van der Waals surface area contributed by atoms with Crippen LogP contribution in [0.5, 0.6) is 0 Å². The number of anilines is 1. The highest BCUT2D eigenvalue weighted by Crippen LogP contribution is 2.50. The van der Waals surface area contributed by atoms with E-state index in [0.29, 0.717) is 12.2 Å². The Morgan fingerprint density at radius 2 is 2.00 bits per heavy atom. The van der Waals surface area contributed by atoms with E-state index in [1.165, 1.54) is 30.8 Å². The fraction of sp³-hybridized carbons (Fsp3) is 0.345. The molecule has 2 aliphatic heterocycles. The van der Waals surface area contributed by atoms with Crippen LogP contribution in [-0.2, 0) is 14.8 Å². The predicted octanol–water partition coefficient (Wildman–Crippen LogP) is 5.27. The van der Waals surface area contributed by atoms with E-state index < -0.39 is 10.0 Å². The number of nitrogens with zero attached hydrogens (tertiary/aromatic N) is 2. The molecule has 4 atom stereocenters. The minimum absolute atomic E-state index is 0.0168. The van der Waals surface area contributed by atoms with Gasteiger partial charge in [-0.3, -0.25) is 14.6 Å². The summed E-state index contributed by atoms with van der Waals surface area (Å²) in [6.07, 6.45) is 5.19. The van der Waals surface area contributed by atoms with Gasteiger partial charge in [-0.05, 0) is 79.6 Å². The Kier molecular flexibility index (Phi) is 7.80. The Labute approximate surface area is 233 Å². The molecule has 0 unspecified atom stereocenters. The van der Waals surface area contributed by atoms with Crippen LogP contribution in [-0.4, -0.2) is 48.6 Å². The van der Waals surface area contributed by atoms with Crippen LogP contribution in [0.25, 0.3) is 10.9 Å². The van der Waals surface area contributed by atoms with Crippen LogP contribution in [0.15, 0.2) is 72.3 Å². The summed E-state index contributed by atoms with van der Waals surface area (Å²) in [7, 11) is -3.74. The second-order valence-electron chi connectivity index (χ2n) is 10.2. The summed E-state index contributed by atoms with van der Waals surface area (Å²) in [6, 6.07) is 14.3. The molecule has 3 aromatic rings. The fourth-order valence-electron chi connectivity index (χ4n) is 5.64. The molecule has 2 amide bonds. The summed E-state index contributed by atoms with van der Waals surface area (Å²) >= 11 is 1.38. The first-order chi connectivity index (χ1) is 18.7. The van der Waals surface area contributed by atoms with Gasteiger partial charge in [0, 0.05) is 43.3 Å². The Morgan fingerprint density at radius 3 is 2.72 bits per heavy atom. The highest BCUT2D eigenvalue weighted by atomic mass is 32.2. The fourth-order valence-corrected chi connectivity index (χ4v) is 8.04. The van der Waals surface area contributed by atoms with Crippen molar-refractivity contribution in [1.82, 2.24) is 14.6 Å². The molecule has 1 aromatic heterocycles. The molecule has 2 aromatic carbocycles. The monoisotopic (exact) mass is 564 g/mol. The minimum atomic E-state index is -3.74. The number of thioether (sulfide) groups is 1. The van der Waals surface area contributed by atoms with E-state index in [1.807, 2.05) is 35.4 Å². The summed E-state index contributed by atoms with van der Waals surface area (Å²) in [5, 5.41) is 3.79. The van der Waals surface area contributed by atoms with E-state index in [4.69, 9.17) is 0 Å². The number of aromatic nitrogens is 1. The van der Waals surface area contributed by atoms with E-state index >= 15 is 0 Å². The van der Waals surface area contributed by atoms with Gasteiger partial charge >= 0.3 is 0 Å². The van der Waals surface area contributed by atoms with Crippen molar-refractivity contribution in [2.24, 2.45) is 11.8 Å². The lowest BCUT2D eigenvalue weighted by atomic mass is 9.79. The number of amides is 2. The van der Waals surface area contributed by atoms with Crippen molar-refractivity contribution in [1.29, 1.82) is 0 Å². The van der Waals surface area contributed by atoms with Crippen LogP contribution in [0.3, 0.4) is 0 Å². The molecule has 39 heavy (non-hydrogen) atoms. The van der Waals surface area contributed by atoms with Gasteiger partial charge in [-0.1, -0.05) is 29.5 Å². The summed E-state index contributed by atoms with van der Waals surface area (Å²) < 4.78 is 28.7. The van der Waals surface area contributed by atoms with E-state index in [9.17, 15) is 18.0 Å². The first kappa shape index (κ1) is 27.4. The van der Waals surface area contributed by atoms with Crippen LogP contribution < -0.4 is 10.0 Å². The maximum Gasteiger partial charge on any atom is 0.282 e. The van der Waals surface area contributed by atoms with Crippen LogP contribution >= 0.6 is 11.8 Å². The summed E-state index contributed by atoms with van der Waals surface area (Å²) in [5.41, 5.74) is 3.72. The summed E-state index contributed by atoms with van der Waals surface area (Å²) in [5.74, 6) is -0.128. The smallest absolute Gasteiger partial charge is 0.282 e. The van der Waals surface area contributed by atoms with Crippen molar-refractivity contribution in [3.05, 3.63) is 78.5 Å². The molecule has 3 heterocycles. The number of fused-ring (bicyclic) bond motifs is 2. The average molecular weight is 565 g/mol. The first-order valence-electron chi connectivity index (χ1n) is 13.0. The number of piperidine rings is 1. The van der Waals surface area contributed by atoms with Crippen molar-refractivity contribution in [3.63, 3.8) is 0 Å². The molecule has 8 nitrogen and oxygen atoms in total. The summed E-state index contributed by atoms with van der Waals surface area (Å²) in [4.78, 5) is 30.8. The molecule has 0 saturated carbocycles. The van der Waals surface area contributed by atoms with Gasteiger partial charge in [-0.2, -0.15) is 0 Å². The van der Waals surface area contributed by atoms with Crippen molar-refractivity contribution < 1.29 is 18.0 Å². The van der Waals surface area contributed by atoms with Gasteiger partial charge in [-0.15, -0.1) is 6.58 Å². The van der Waals surface area contributed by atoms with E-state index in [1.54, 1.807) is 12.1 Å². The third kappa shape index (κ3) is 5.73. The number of hydrogen-bond donors (Lipinski definition) is 2. The molecular formula is C29H32N4O4S2. The molecule has 204 valence electrons. The number of hydrogen-bond acceptors (Lipinski definition) is 6. The van der Waals surface area contributed by atoms with Gasteiger partial charge in [0.2, 0.25) is 15.9 Å². The number of nitrogens with one attached hydrogen (secondary N) is 2. The second-order valence-corrected chi connectivity index (χ2v) is 13.1. The highest BCUT2D eigenvalue weighted by molar-refractivity contribution is 8.14. The maximum absolute atomic E-state index is 13.0. The molecule has 2 N–H and O–H groups in total. The number of carbonyl (C=O) groups is 2. The van der Waals surface area contributed by atoms with Gasteiger partial charge < -0.3 is 10.2 Å². The molecular weight excluding hydrogens is 532 g/mol. The van der Waals surface area contributed by atoms with Crippen LogP contribution in [0, 0.1) is 18.8 Å². The van der Waals surface area contributed by atoms with Gasteiger partial charge in [-0.25, -0.2) is 13.1 Å². The van der Waals surface area contributed by atoms with Gasteiger partial charge in [0.15, 0.2) is 0 Å². The Hall–Kier alpha value is -3.21. The van der Waals surface area contributed by atoms with Crippen molar-refractivity contribution in [3.8, 4) is 0 Å².